The van der Waals surface area contributed by atoms with Crippen molar-refractivity contribution in [3.8, 4) is 0 Å². The Hall–Kier alpha value is -2.77. The summed E-state index contributed by atoms with van der Waals surface area (Å²) in [5.74, 6) is 0.525. The van der Waals surface area contributed by atoms with Gasteiger partial charge >= 0.3 is 0 Å². The van der Waals surface area contributed by atoms with Crippen LogP contribution in [0.5, 0.6) is 0 Å². The summed E-state index contributed by atoms with van der Waals surface area (Å²) in [6.45, 7) is 4.19. The van der Waals surface area contributed by atoms with Crippen LogP contribution < -0.4 is 5.56 Å². The lowest BCUT2D eigenvalue weighted by molar-refractivity contribution is 0.680. The molecule has 0 fully saturated rings. The molecule has 0 N–H and O–H groups in total. The van der Waals surface area contributed by atoms with E-state index in [2.05, 4.69) is 15.2 Å². The Labute approximate surface area is 164 Å². The average molecular weight is 398 g/mol. The van der Waals surface area contributed by atoms with Gasteiger partial charge in [0.1, 0.15) is 15.8 Å². The van der Waals surface area contributed by atoms with E-state index in [0.29, 0.717) is 33.3 Å². The van der Waals surface area contributed by atoms with Gasteiger partial charge in [0.25, 0.3) is 5.56 Å². The molecular weight excluding hydrogens is 382 g/mol. The first-order valence-corrected chi connectivity index (χ1v) is 9.58. The summed E-state index contributed by atoms with van der Waals surface area (Å²) in [6.07, 6.45) is 1.57. The second-order valence-corrected chi connectivity index (χ2v) is 7.35. The number of aromatic nitrogens is 4. The number of halogens is 1. The van der Waals surface area contributed by atoms with E-state index in [9.17, 15) is 4.79 Å². The monoisotopic (exact) mass is 397 g/mol. The quantitative estimate of drug-likeness (QED) is 0.491. The Morgan fingerprint density at radius 2 is 2.00 bits per heavy atom. The van der Waals surface area contributed by atoms with Gasteiger partial charge in [0.05, 0.1) is 29.4 Å². The SMILES string of the molecule is Cc1nn(Cc2ccccc2)c(Cl)c1C=Nn1c(C)nc2sccc2c1=O. The molecule has 6 nitrogen and oxygen atoms in total. The van der Waals surface area contributed by atoms with E-state index in [0.717, 1.165) is 11.3 Å². The maximum Gasteiger partial charge on any atom is 0.282 e. The maximum atomic E-state index is 12.6. The molecule has 0 unspecified atom stereocenters. The second-order valence-electron chi connectivity index (χ2n) is 6.09. The van der Waals surface area contributed by atoms with E-state index in [1.807, 2.05) is 42.6 Å². The molecule has 1 aromatic carbocycles. The molecule has 136 valence electrons. The van der Waals surface area contributed by atoms with Crippen LogP contribution >= 0.6 is 22.9 Å². The molecular formula is C19H16ClN5OS. The molecule has 4 aromatic rings. The van der Waals surface area contributed by atoms with Crippen LogP contribution in [0.1, 0.15) is 22.6 Å². The van der Waals surface area contributed by atoms with Crippen molar-refractivity contribution in [1.82, 2.24) is 19.4 Å². The van der Waals surface area contributed by atoms with Crippen LogP contribution in [0.15, 0.2) is 51.7 Å². The van der Waals surface area contributed by atoms with Crippen molar-refractivity contribution in [3.05, 3.63) is 79.9 Å². The summed E-state index contributed by atoms with van der Waals surface area (Å²) >= 11 is 7.95. The predicted octanol–water partition coefficient (Wildman–Crippen LogP) is 3.86. The number of rotatable bonds is 4. The third kappa shape index (κ3) is 3.31. The molecule has 3 aromatic heterocycles. The summed E-state index contributed by atoms with van der Waals surface area (Å²) in [5, 5.41) is 11.7. The van der Waals surface area contributed by atoms with Crippen molar-refractivity contribution < 1.29 is 0 Å². The zero-order valence-corrected chi connectivity index (χ0v) is 16.3. The van der Waals surface area contributed by atoms with E-state index < -0.39 is 0 Å². The number of hydrogen-bond donors (Lipinski definition) is 0. The fraction of sp³-hybridized carbons (Fsp3) is 0.158. The Balaban J connectivity index is 1.70. The standard InChI is InChI=1S/C19H16ClN5OS/c1-12-16(17(20)24(23-12)11-14-6-4-3-5-7-14)10-21-25-13(2)22-18-15(19(25)26)8-9-27-18/h3-10H,11H2,1-2H3. The van der Waals surface area contributed by atoms with Crippen molar-refractivity contribution >= 4 is 39.4 Å². The maximum absolute atomic E-state index is 12.6. The van der Waals surface area contributed by atoms with Gasteiger partial charge in [0, 0.05) is 0 Å². The Morgan fingerprint density at radius 3 is 2.78 bits per heavy atom. The van der Waals surface area contributed by atoms with Crippen molar-refractivity contribution in [2.75, 3.05) is 0 Å². The van der Waals surface area contributed by atoms with E-state index >= 15 is 0 Å². The number of nitrogens with zero attached hydrogens (tertiary/aromatic N) is 5. The van der Waals surface area contributed by atoms with Gasteiger partial charge in [-0.25, -0.2) is 9.67 Å². The number of thiophene rings is 1. The lowest BCUT2D eigenvalue weighted by Crippen LogP contribution is -2.19. The van der Waals surface area contributed by atoms with E-state index in [1.165, 1.54) is 16.0 Å². The van der Waals surface area contributed by atoms with Gasteiger partial charge in [-0.05, 0) is 30.9 Å². The fourth-order valence-corrected chi connectivity index (χ4v) is 3.92. The van der Waals surface area contributed by atoms with Gasteiger partial charge in [-0.1, -0.05) is 41.9 Å². The molecule has 4 rings (SSSR count). The molecule has 27 heavy (non-hydrogen) atoms. The largest absolute Gasteiger partial charge is 0.282 e. The minimum Gasteiger partial charge on any atom is -0.267 e. The zero-order chi connectivity index (χ0) is 19.0. The van der Waals surface area contributed by atoms with Gasteiger partial charge in [0.2, 0.25) is 0 Å². The average Bonchev–Trinajstić information content (AvgIpc) is 3.22. The van der Waals surface area contributed by atoms with Crippen LogP contribution in [0.25, 0.3) is 10.2 Å². The highest BCUT2D eigenvalue weighted by atomic mass is 35.5. The highest BCUT2D eigenvalue weighted by Gasteiger charge is 2.13. The van der Waals surface area contributed by atoms with Crippen LogP contribution in [0.2, 0.25) is 5.15 Å². The predicted molar refractivity (Wildman–Crippen MR) is 109 cm³/mol. The molecule has 0 bridgehead atoms. The van der Waals surface area contributed by atoms with Crippen LogP contribution in [0, 0.1) is 13.8 Å². The molecule has 0 atom stereocenters. The van der Waals surface area contributed by atoms with Gasteiger partial charge in [-0.2, -0.15) is 14.9 Å². The first kappa shape index (κ1) is 17.6. The number of fused-ring (bicyclic) bond motifs is 1. The first-order chi connectivity index (χ1) is 13.0. The molecule has 0 saturated heterocycles. The Bertz CT molecular complexity index is 1210. The van der Waals surface area contributed by atoms with Crippen LogP contribution in [0.3, 0.4) is 0 Å². The van der Waals surface area contributed by atoms with E-state index in [1.54, 1.807) is 23.9 Å². The molecule has 0 spiro atoms. The molecule has 0 aliphatic heterocycles. The van der Waals surface area contributed by atoms with Gasteiger partial charge in [-0.15, -0.1) is 11.3 Å². The number of benzene rings is 1. The summed E-state index contributed by atoms with van der Waals surface area (Å²) < 4.78 is 3.02. The minimum absolute atomic E-state index is 0.194. The lowest BCUT2D eigenvalue weighted by atomic mass is 10.2. The Morgan fingerprint density at radius 1 is 1.22 bits per heavy atom. The molecule has 0 amide bonds. The fourth-order valence-electron chi connectivity index (χ4n) is 2.83. The lowest BCUT2D eigenvalue weighted by Gasteiger charge is -2.04. The van der Waals surface area contributed by atoms with Crippen LogP contribution in [0.4, 0.5) is 0 Å². The molecule has 0 aliphatic carbocycles. The normalized spacial score (nSPS) is 11.7. The summed E-state index contributed by atoms with van der Waals surface area (Å²) in [6, 6.07) is 11.7. The smallest absolute Gasteiger partial charge is 0.267 e. The third-order valence-electron chi connectivity index (χ3n) is 4.22. The van der Waals surface area contributed by atoms with Gasteiger partial charge in [-0.3, -0.25) is 4.79 Å². The molecule has 8 heteroatoms. The highest BCUT2D eigenvalue weighted by Crippen LogP contribution is 2.20. The summed E-state index contributed by atoms with van der Waals surface area (Å²) in [4.78, 5) is 17.8. The third-order valence-corrected chi connectivity index (χ3v) is 5.43. The number of hydrogen-bond acceptors (Lipinski definition) is 5. The van der Waals surface area contributed by atoms with E-state index in [4.69, 9.17) is 11.6 Å². The molecule has 0 radical (unpaired) electrons. The zero-order valence-electron chi connectivity index (χ0n) is 14.8. The van der Waals surface area contributed by atoms with Gasteiger partial charge < -0.3 is 0 Å². The second kappa shape index (κ2) is 7.09. The van der Waals surface area contributed by atoms with Crippen LogP contribution in [-0.2, 0) is 6.54 Å². The highest BCUT2D eigenvalue weighted by molar-refractivity contribution is 7.16. The summed E-state index contributed by atoms with van der Waals surface area (Å²) in [5.41, 5.74) is 2.34. The molecule has 0 aliphatic rings. The van der Waals surface area contributed by atoms with Crippen molar-refractivity contribution in [1.29, 1.82) is 0 Å². The van der Waals surface area contributed by atoms with Crippen molar-refractivity contribution in [3.63, 3.8) is 0 Å². The van der Waals surface area contributed by atoms with E-state index in [-0.39, 0.29) is 5.56 Å². The molecule has 3 heterocycles. The topological polar surface area (TPSA) is 65.1 Å². The summed E-state index contributed by atoms with van der Waals surface area (Å²) in [7, 11) is 0. The first-order valence-electron chi connectivity index (χ1n) is 8.32. The Kier molecular flexibility index (Phi) is 4.63. The molecule has 0 saturated carbocycles. The van der Waals surface area contributed by atoms with Gasteiger partial charge in [0.15, 0.2) is 0 Å². The van der Waals surface area contributed by atoms with Crippen molar-refractivity contribution in [2.24, 2.45) is 5.10 Å². The van der Waals surface area contributed by atoms with Crippen LogP contribution in [-0.4, -0.2) is 25.7 Å². The minimum atomic E-state index is -0.194. The number of aryl methyl sites for hydroxylation is 2. The van der Waals surface area contributed by atoms with Crippen molar-refractivity contribution in [2.45, 2.75) is 20.4 Å².